The molecule has 0 bridgehead atoms. The van der Waals surface area contributed by atoms with Crippen LogP contribution in [-0.2, 0) is 9.59 Å². The first-order valence-corrected chi connectivity index (χ1v) is 7.37. The Bertz CT molecular complexity index is 612. The van der Waals surface area contributed by atoms with E-state index >= 15 is 0 Å². The Morgan fingerprint density at radius 3 is 2.57 bits per heavy atom. The smallest absolute Gasteiger partial charge is 0.293 e. The number of rotatable bonds is 5. The minimum Gasteiger partial charge on any atom is -0.550 e. The Balaban J connectivity index is 2.06. The van der Waals surface area contributed by atoms with Crippen molar-refractivity contribution in [1.29, 1.82) is 0 Å². The van der Waals surface area contributed by atoms with Crippen LogP contribution in [0.4, 0.5) is 4.79 Å². The molecule has 0 aromatic heterocycles. The molecule has 2 amide bonds. The summed E-state index contributed by atoms with van der Waals surface area (Å²) in [4.78, 5) is 35.6. The quantitative estimate of drug-likeness (QED) is 0.773. The average Bonchev–Trinajstić information content (AvgIpc) is 2.68. The molecule has 1 fully saturated rings. The zero-order valence-corrected chi connectivity index (χ0v) is 12.4. The van der Waals surface area contributed by atoms with Gasteiger partial charge in [-0.15, -0.1) is 0 Å². The number of carbonyl (C=O) groups excluding carboxylic acids is 3. The number of carboxylic acid groups (broad SMARTS) is 1. The molecule has 1 aliphatic rings. The monoisotopic (exact) mass is 324 g/mol. The van der Waals surface area contributed by atoms with Crippen molar-refractivity contribution in [2.24, 2.45) is 0 Å². The van der Waals surface area contributed by atoms with Crippen LogP contribution in [0, 0.1) is 0 Å². The highest BCUT2D eigenvalue weighted by Gasteiger charge is 2.34. The number of carbonyl (C=O) groups is 3. The van der Waals surface area contributed by atoms with Gasteiger partial charge in [-0.05, 0) is 48.4 Å². The van der Waals surface area contributed by atoms with Crippen molar-refractivity contribution in [3.63, 3.8) is 0 Å². The van der Waals surface area contributed by atoms with E-state index in [9.17, 15) is 19.5 Å². The van der Waals surface area contributed by atoms with Crippen LogP contribution in [0.25, 0.3) is 6.08 Å². The number of aliphatic carboxylic acids is 1. The van der Waals surface area contributed by atoms with Gasteiger partial charge in [0.1, 0.15) is 0 Å². The Morgan fingerprint density at radius 1 is 1.29 bits per heavy atom. The van der Waals surface area contributed by atoms with Crippen molar-refractivity contribution in [3.05, 3.63) is 39.8 Å². The molecule has 1 aliphatic heterocycles. The fraction of sp³-hybridized carbons (Fsp3) is 0.214. The molecule has 2 rings (SSSR count). The number of amides is 2. The van der Waals surface area contributed by atoms with Gasteiger partial charge >= 0.3 is 0 Å². The van der Waals surface area contributed by atoms with Gasteiger partial charge in [0.2, 0.25) is 0 Å². The summed E-state index contributed by atoms with van der Waals surface area (Å²) in [5.41, 5.74) is 0.764. The number of hydrogen-bond acceptors (Lipinski definition) is 5. The van der Waals surface area contributed by atoms with E-state index in [1.807, 2.05) is 0 Å². The number of halogens is 1. The molecule has 110 valence electrons. The summed E-state index contributed by atoms with van der Waals surface area (Å²) in [5, 5.41) is 10.5. The van der Waals surface area contributed by atoms with Gasteiger partial charge < -0.3 is 9.90 Å². The number of carboxylic acids is 1. The van der Waals surface area contributed by atoms with Crippen molar-refractivity contribution in [2.45, 2.75) is 12.8 Å². The van der Waals surface area contributed by atoms with Crippen LogP contribution >= 0.6 is 23.4 Å². The third-order valence-electron chi connectivity index (χ3n) is 2.80. The van der Waals surface area contributed by atoms with E-state index in [2.05, 4.69) is 0 Å². The van der Waals surface area contributed by atoms with Crippen LogP contribution in [0.3, 0.4) is 0 Å². The van der Waals surface area contributed by atoms with Gasteiger partial charge in [-0.3, -0.25) is 14.5 Å². The number of nitrogens with zero attached hydrogens (tertiary/aromatic N) is 1. The zero-order valence-electron chi connectivity index (χ0n) is 10.9. The first kappa shape index (κ1) is 15.6. The van der Waals surface area contributed by atoms with Gasteiger partial charge in [0.15, 0.2) is 0 Å². The summed E-state index contributed by atoms with van der Waals surface area (Å²) in [6.07, 6.45) is 1.62. The molecule has 0 saturated carbocycles. The Kier molecular flexibility index (Phi) is 5.03. The van der Waals surface area contributed by atoms with Gasteiger partial charge in [-0.1, -0.05) is 23.7 Å². The van der Waals surface area contributed by atoms with Crippen molar-refractivity contribution in [1.82, 2.24) is 4.90 Å². The minimum atomic E-state index is -1.20. The summed E-state index contributed by atoms with van der Waals surface area (Å²) < 4.78 is 0. The van der Waals surface area contributed by atoms with Crippen LogP contribution < -0.4 is 5.11 Å². The highest BCUT2D eigenvalue weighted by Crippen LogP contribution is 2.32. The third kappa shape index (κ3) is 4.09. The van der Waals surface area contributed by atoms with Gasteiger partial charge in [-0.25, -0.2) is 0 Å². The van der Waals surface area contributed by atoms with Crippen LogP contribution in [-0.4, -0.2) is 28.6 Å². The first-order chi connectivity index (χ1) is 9.97. The second-order valence-electron chi connectivity index (χ2n) is 4.36. The predicted molar refractivity (Wildman–Crippen MR) is 78.4 cm³/mol. The maximum Gasteiger partial charge on any atom is 0.293 e. The molecule has 0 unspecified atom stereocenters. The van der Waals surface area contributed by atoms with Gasteiger partial charge in [0.05, 0.1) is 4.91 Å². The van der Waals surface area contributed by atoms with Crippen molar-refractivity contribution < 1.29 is 19.5 Å². The zero-order chi connectivity index (χ0) is 15.4. The maximum atomic E-state index is 12.1. The Labute approximate surface area is 130 Å². The molecular weight excluding hydrogens is 314 g/mol. The highest BCUT2D eigenvalue weighted by molar-refractivity contribution is 8.18. The number of thioether (sulfide) groups is 1. The minimum absolute atomic E-state index is 0.0800. The SMILES string of the molecule is O=C([O-])CCCN1C(=O)S/C(=C/c2ccc(Cl)cc2)C1=O. The topological polar surface area (TPSA) is 77.5 Å². The number of imide groups is 1. The van der Waals surface area contributed by atoms with E-state index in [1.165, 1.54) is 0 Å². The molecule has 1 saturated heterocycles. The molecule has 0 radical (unpaired) electrons. The molecule has 0 atom stereocenters. The summed E-state index contributed by atoms with van der Waals surface area (Å²) in [6.45, 7) is 0.0800. The summed E-state index contributed by atoms with van der Waals surface area (Å²) in [6, 6.07) is 6.87. The molecule has 0 spiro atoms. The summed E-state index contributed by atoms with van der Waals surface area (Å²) in [7, 11) is 0. The number of hydrogen-bond donors (Lipinski definition) is 0. The van der Waals surface area contributed by atoms with E-state index < -0.39 is 17.1 Å². The normalized spacial score (nSPS) is 16.8. The largest absolute Gasteiger partial charge is 0.550 e. The van der Waals surface area contributed by atoms with Crippen LogP contribution in [0.2, 0.25) is 5.02 Å². The van der Waals surface area contributed by atoms with Crippen LogP contribution in [0.15, 0.2) is 29.2 Å². The van der Waals surface area contributed by atoms with Gasteiger partial charge in [0.25, 0.3) is 11.1 Å². The lowest BCUT2D eigenvalue weighted by atomic mass is 10.2. The third-order valence-corrected chi connectivity index (χ3v) is 3.96. The first-order valence-electron chi connectivity index (χ1n) is 6.18. The van der Waals surface area contributed by atoms with Gasteiger partial charge in [-0.2, -0.15) is 0 Å². The van der Waals surface area contributed by atoms with E-state index in [0.29, 0.717) is 9.93 Å². The molecule has 7 heteroatoms. The summed E-state index contributed by atoms with van der Waals surface area (Å²) >= 11 is 6.62. The maximum absolute atomic E-state index is 12.1. The van der Waals surface area contributed by atoms with Crippen molar-refractivity contribution >= 4 is 46.6 Å². The lowest BCUT2D eigenvalue weighted by Gasteiger charge is -2.12. The van der Waals surface area contributed by atoms with E-state index in [4.69, 9.17) is 11.6 Å². The Hall–Kier alpha value is -1.79. The molecule has 0 N–H and O–H groups in total. The van der Waals surface area contributed by atoms with E-state index in [1.54, 1.807) is 30.3 Å². The molecular formula is C14H11ClNO4S-. The van der Waals surface area contributed by atoms with Crippen molar-refractivity contribution in [3.8, 4) is 0 Å². The molecule has 1 aromatic carbocycles. The Morgan fingerprint density at radius 2 is 1.95 bits per heavy atom. The van der Waals surface area contributed by atoms with Crippen molar-refractivity contribution in [2.75, 3.05) is 6.54 Å². The van der Waals surface area contributed by atoms with E-state index in [0.717, 1.165) is 22.2 Å². The van der Waals surface area contributed by atoms with Crippen LogP contribution in [0.1, 0.15) is 18.4 Å². The number of benzene rings is 1. The fourth-order valence-corrected chi connectivity index (χ4v) is 2.78. The molecule has 5 nitrogen and oxygen atoms in total. The van der Waals surface area contributed by atoms with Gasteiger partial charge in [0, 0.05) is 17.5 Å². The molecule has 21 heavy (non-hydrogen) atoms. The highest BCUT2D eigenvalue weighted by atomic mass is 35.5. The lowest BCUT2D eigenvalue weighted by Crippen LogP contribution is -2.30. The lowest BCUT2D eigenvalue weighted by molar-refractivity contribution is -0.305. The fourth-order valence-electron chi connectivity index (χ4n) is 1.78. The molecule has 0 aliphatic carbocycles. The summed E-state index contributed by atoms with van der Waals surface area (Å²) in [5.74, 6) is -1.60. The van der Waals surface area contributed by atoms with Crippen LogP contribution in [0.5, 0.6) is 0 Å². The second kappa shape index (κ2) is 6.78. The predicted octanol–water partition coefficient (Wildman–Crippen LogP) is 1.91. The average molecular weight is 325 g/mol. The second-order valence-corrected chi connectivity index (χ2v) is 5.79. The standard InChI is InChI=1S/C14H12ClNO4S/c15-10-5-3-9(4-6-10)8-11-13(19)16(14(20)21-11)7-1-2-12(17)18/h3-6,8H,1-2,7H2,(H,17,18)/p-1/b11-8+. The van der Waals surface area contributed by atoms with E-state index in [-0.39, 0.29) is 19.4 Å². The molecule has 1 heterocycles. The molecule has 1 aromatic rings.